The van der Waals surface area contributed by atoms with Gasteiger partial charge in [-0.25, -0.2) is 0 Å². The monoisotopic (exact) mass is 358 g/mol. The number of carbonyl (C=O) groups excluding carboxylic acids is 2. The molecule has 26 heavy (non-hydrogen) atoms. The number of esters is 2. The maximum absolute atomic E-state index is 12.0. The standard InChI is InChI=1S/C21H26O5/c1-7-17(22)25-19-14(6)20(24-9-3)21(26-18(23)8-2)16-11-13(5)12(4)10-15(16)19/h10-11H,7-9H2,1-6H3. The van der Waals surface area contributed by atoms with Gasteiger partial charge in [-0.15, -0.1) is 0 Å². The Morgan fingerprint density at radius 3 is 1.69 bits per heavy atom. The van der Waals surface area contributed by atoms with Gasteiger partial charge in [0.2, 0.25) is 0 Å². The predicted molar refractivity (Wildman–Crippen MR) is 101 cm³/mol. The van der Waals surface area contributed by atoms with Crippen LogP contribution in [0.2, 0.25) is 0 Å². The minimum Gasteiger partial charge on any atom is -0.490 e. The zero-order valence-electron chi connectivity index (χ0n) is 16.3. The molecule has 2 aromatic carbocycles. The molecule has 0 aliphatic carbocycles. The number of rotatable bonds is 6. The zero-order valence-corrected chi connectivity index (χ0v) is 16.3. The quantitative estimate of drug-likeness (QED) is 0.548. The van der Waals surface area contributed by atoms with E-state index in [0.29, 0.717) is 34.8 Å². The van der Waals surface area contributed by atoms with E-state index in [1.807, 2.05) is 32.9 Å². The summed E-state index contributed by atoms with van der Waals surface area (Å²) in [5.74, 6) is 0.598. The lowest BCUT2D eigenvalue weighted by atomic mass is 9.98. The van der Waals surface area contributed by atoms with E-state index in [-0.39, 0.29) is 24.8 Å². The first-order valence-corrected chi connectivity index (χ1v) is 8.95. The number of ether oxygens (including phenoxy) is 3. The molecule has 140 valence electrons. The van der Waals surface area contributed by atoms with Crippen LogP contribution in [0, 0.1) is 20.8 Å². The van der Waals surface area contributed by atoms with Gasteiger partial charge in [0.05, 0.1) is 6.61 Å². The average Bonchev–Trinajstić information content (AvgIpc) is 2.62. The molecule has 5 heteroatoms. The molecule has 0 aromatic heterocycles. The number of hydrogen-bond donors (Lipinski definition) is 0. The first-order chi connectivity index (χ1) is 12.3. The van der Waals surface area contributed by atoms with E-state index in [1.54, 1.807) is 20.8 Å². The summed E-state index contributed by atoms with van der Waals surface area (Å²) in [6.07, 6.45) is 0.520. The number of hydrogen-bond acceptors (Lipinski definition) is 5. The van der Waals surface area contributed by atoms with E-state index >= 15 is 0 Å². The van der Waals surface area contributed by atoms with E-state index in [4.69, 9.17) is 14.2 Å². The number of fused-ring (bicyclic) bond motifs is 1. The molecular weight excluding hydrogens is 332 g/mol. The van der Waals surface area contributed by atoms with Gasteiger partial charge in [0, 0.05) is 29.2 Å². The molecule has 5 nitrogen and oxygen atoms in total. The average molecular weight is 358 g/mol. The molecule has 0 radical (unpaired) electrons. The summed E-state index contributed by atoms with van der Waals surface area (Å²) in [4.78, 5) is 23.9. The Bertz CT molecular complexity index is 852. The van der Waals surface area contributed by atoms with E-state index in [1.165, 1.54) is 0 Å². The van der Waals surface area contributed by atoms with Crippen molar-refractivity contribution in [2.24, 2.45) is 0 Å². The third-order valence-corrected chi connectivity index (χ3v) is 4.31. The predicted octanol–water partition coefficient (Wildman–Crippen LogP) is 4.79. The molecule has 0 saturated carbocycles. The second-order valence-electron chi connectivity index (χ2n) is 6.18. The van der Waals surface area contributed by atoms with Crippen molar-refractivity contribution in [3.05, 3.63) is 28.8 Å². The summed E-state index contributed by atoms with van der Waals surface area (Å²) in [5.41, 5.74) is 2.75. The molecule has 2 aromatic rings. The lowest BCUT2D eigenvalue weighted by Crippen LogP contribution is -2.12. The lowest BCUT2D eigenvalue weighted by Gasteiger charge is -2.20. The zero-order chi connectivity index (χ0) is 19.4. The molecule has 0 N–H and O–H groups in total. The maximum atomic E-state index is 12.0. The number of aryl methyl sites for hydroxylation is 2. The van der Waals surface area contributed by atoms with E-state index in [0.717, 1.165) is 16.5 Å². The van der Waals surface area contributed by atoms with Crippen molar-refractivity contribution in [1.29, 1.82) is 0 Å². The van der Waals surface area contributed by atoms with Gasteiger partial charge in [0.1, 0.15) is 5.75 Å². The van der Waals surface area contributed by atoms with E-state index < -0.39 is 0 Å². The minimum absolute atomic E-state index is 0.253. The Balaban J connectivity index is 2.88. The molecule has 0 unspecified atom stereocenters. The van der Waals surface area contributed by atoms with Crippen LogP contribution in [-0.2, 0) is 9.59 Å². The summed E-state index contributed by atoms with van der Waals surface area (Å²) < 4.78 is 17.0. The first kappa shape index (κ1) is 19.8. The third-order valence-electron chi connectivity index (χ3n) is 4.31. The molecule has 0 heterocycles. The van der Waals surface area contributed by atoms with Crippen LogP contribution in [0.3, 0.4) is 0 Å². The fourth-order valence-electron chi connectivity index (χ4n) is 2.71. The van der Waals surface area contributed by atoms with Crippen molar-refractivity contribution in [3.63, 3.8) is 0 Å². The van der Waals surface area contributed by atoms with Gasteiger partial charge in [-0.1, -0.05) is 13.8 Å². The minimum atomic E-state index is -0.344. The summed E-state index contributed by atoms with van der Waals surface area (Å²) in [7, 11) is 0. The van der Waals surface area contributed by atoms with Gasteiger partial charge in [0.15, 0.2) is 11.5 Å². The van der Waals surface area contributed by atoms with Crippen molar-refractivity contribution < 1.29 is 23.8 Å². The summed E-state index contributed by atoms with van der Waals surface area (Å²) in [6, 6.07) is 3.89. The Labute approximate surface area is 154 Å². The molecule has 0 spiro atoms. The molecular formula is C21H26O5. The Hall–Kier alpha value is -2.56. The fourth-order valence-corrected chi connectivity index (χ4v) is 2.71. The second kappa shape index (κ2) is 8.21. The highest BCUT2D eigenvalue weighted by Gasteiger charge is 2.24. The van der Waals surface area contributed by atoms with Crippen LogP contribution in [-0.4, -0.2) is 18.5 Å². The van der Waals surface area contributed by atoms with Crippen LogP contribution in [0.1, 0.15) is 50.3 Å². The Kier molecular flexibility index (Phi) is 6.24. The van der Waals surface area contributed by atoms with Gasteiger partial charge in [-0.2, -0.15) is 0 Å². The summed E-state index contributed by atoms with van der Waals surface area (Å²) >= 11 is 0. The summed E-state index contributed by atoms with van der Waals surface area (Å²) in [5, 5.41) is 1.43. The van der Waals surface area contributed by atoms with Gasteiger partial charge >= 0.3 is 11.9 Å². The molecule has 0 aliphatic rings. The molecule has 0 fully saturated rings. The van der Waals surface area contributed by atoms with Crippen molar-refractivity contribution in [3.8, 4) is 17.2 Å². The van der Waals surface area contributed by atoms with Crippen molar-refractivity contribution in [2.45, 2.75) is 54.4 Å². The van der Waals surface area contributed by atoms with Gasteiger partial charge in [-0.3, -0.25) is 9.59 Å². The molecule has 0 aliphatic heterocycles. The molecule has 0 atom stereocenters. The molecule has 0 saturated heterocycles. The fraction of sp³-hybridized carbons (Fsp3) is 0.429. The number of benzene rings is 2. The highest BCUT2D eigenvalue weighted by atomic mass is 16.6. The van der Waals surface area contributed by atoms with Crippen LogP contribution in [0.25, 0.3) is 10.8 Å². The largest absolute Gasteiger partial charge is 0.490 e. The molecule has 0 bridgehead atoms. The Morgan fingerprint density at radius 2 is 1.23 bits per heavy atom. The topological polar surface area (TPSA) is 61.8 Å². The van der Waals surface area contributed by atoms with Gasteiger partial charge in [-0.05, 0) is 51.0 Å². The van der Waals surface area contributed by atoms with Crippen molar-refractivity contribution >= 4 is 22.7 Å². The van der Waals surface area contributed by atoms with Crippen LogP contribution >= 0.6 is 0 Å². The highest BCUT2D eigenvalue weighted by Crippen LogP contribution is 2.46. The molecule has 2 rings (SSSR count). The van der Waals surface area contributed by atoms with Crippen molar-refractivity contribution in [2.75, 3.05) is 6.61 Å². The lowest BCUT2D eigenvalue weighted by molar-refractivity contribution is -0.135. The van der Waals surface area contributed by atoms with E-state index in [2.05, 4.69) is 0 Å². The second-order valence-corrected chi connectivity index (χ2v) is 6.18. The molecule has 0 amide bonds. The maximum Gasteiger partial charge on any atom is 0.311 e. The van der Waals surface area contributed by atoms with Crippen LogP contribution < -0.4 is 14.2 Å². The normalized spacial score (nSPS) is 10.7. The van der Waals surface area contributed by atoms with Crippen molar-refractivity contribution in [1.82, 2.24) is 0 Å². The highest BCUT2D eigenvalue weighted by molar-refractivity contribution is 6.00. The van der Waals surface area contributed by atoms with Crippen LogP contribution in [0.15, 0.2) is 12.1 Å². The van der Waals surface area contributed by atoms with E-state index in [9.17, 15) is 9.59 Å². The SMILES string of the molecule is CCOc1c(C)c(OC(=O)CC)c2cc(C)c(C)cc2c1OC(=O)CC. The Morgan fingerprint density at radius 1 is 0.769 bits per heavy atom. The smallest absolute Gasteiger partial charge is 0.311 e. The third kappa shape index (κ3) is 3.82. The summed E-state index contributed by atoms with van der Waals surface area (Å²) in [6.45, 7) is 11.5. The van der Waals surface area contributed by atoms with Gasteiger partial charge < -0.3 is 14.2 Å². The van der Waals surface area contributed by atoms with Crippen LogP contribution in [0.5, 0.6) is 17.2 Å². The number of carbonyl (C=O) groups is 2. The first-order valence-electron chi connectivity index (χ1n) is 8.95. The van der Waals surface area contributed by atoms with Crippen LogP contribution in [0.4, 0.5) is 0 Å². The van der Waals surface area contributed by atoms with Gasteiger partial charge in [0.25, 0.3) is 0 Å².